The molecule has 0 radical (unpaired) electrons. The van der Waals surface area contributed by atoms with Crippen molar-refractivity contribution in [3.8, 4) is 6.07 Å². The Morgan fingerprint density at radius 2 is 2.20 bits per heavy atom. The molecule has 0 aliphatic carbocycles. The van der Waals surface area contributed by atoms with Crippen LogP contribution in [0.4, 0.5) is 0 Å². The fourth-order valence-electron chi connectivity index (χ4n) is 1.62. The van der Waals surface area contributed by atoms with Gasteiger partial charge in [0.1, 0.15) is 6.07 Å². The second-order valence-electron chi connectivity index (χ2n) is 3.92. The smallest absolute Gasteiger partial charge is 0.354 e. The summed E-state index contributed by atoms with van der Waals surface area (Å²) in [6.07, 6.45) is 0.471. The van der Waals surface area contributed by atoms with Crippen LogP contribution in [-0.2, 0) is 20.7 Å². The Labute approximate surface area is 116 Å². The minimum atomic E-state index is -0.728. The van der Waals surface area contributed by atoms with Crippen LogP contribution in [0.25, 0.3) is 0 Å². The SMILES string of the molecule is CCOC(=O)C(C#N)=C1NN=C(Cc2ccccc2)O1. The minimum Gasteiger partial charge on any atom is -0.462 e. The summed E-state index contributed by atoms with van der Waals surface area (Å²) in [5, 5.41) is 12.9. The molecule has 1 N–H and O–H groups in total. The second kappa shape index (κ2) is 6.38. The van der Waals surface area contributed by atoms with Crippen LogP contribution in [0.15, 0.2) is 46.9 Å². The summed E-state index contributed by atoms with van der Waals surface area (Å²) >= 11 is 0. The van der Waals surface area contributed by atoms with Crippen molar-refractivity contribution in [3.05, 3.63) is 47.4 Å². The van der Waals surface area contributed by atoms with Gasteiger partial charge in [-0.05, 0) is 12.5 Å². The molecule has 1 heterocycles. The zero-order chi connectivity index (χ0) is 14.4. The van der Waals surface area contributed by atoms with E-state index >= 15 is 0 Å². The third-order valence-corrected chi connectivity index (χ3v) is 2.52. The van der Waals surface area contributed by atoms with Crippen LogP contribution < -0.4 is 5.43 Å². The molecule has 0 unspecified atom stereocenters. The number of nitrogens with zero attached hydrogens (tertiary/aromatic N) is 2. The molecule has 1 aliphatic rings. The van der Waals surface area contributed by atoms with Gasteiger partial charge in [0, 0.05) is 0 Å². The molecule has 0 aromatic heterocycles. The lowest BCUT2D eigenvalue weighted by molar-refractivity contribution is -0.138. The van der Waals surface area contributed by atoms with Crippen LogP contribution in [0.5, 0.6) is 0 Å². The first kappa shape index (κ1) is 13.6. The summed E-state index contributed by atoms with van der Waals surface area (Å²) < 4.78 is 10.2. The van der Waals surface area contributed by atoms with Crippen molar-refractivity contribution in [2.24, 2.45) is 5.10 Å². The molecule has 1 aromatic rings. The molecular weight excluding hydrogens is 258 g/mol. The molecule has 0 bridgehead atoms. The molecule has 0 atom stereocenters. The lowest BCUT2D eigenvalue weighted by atomic mass is 10.1. The van der Waals surface area contributed by atoms with Gasteiger partial charge < -0.3 is 9.47 Å². The van der Waals surface area contributed by atoms with Gasteiger partial charge in [-0.15, -0.1) is 5.10 Å². The van der Waals surface area contributed by atoms with Gasteiger partial charge in [0.25, 0.3) is 0 Å². The van der Waals surface area contributed by atoms with E-state index in [1.807, 2.05) is 30.3 Å². The van der Waals surface area contributed by atoms with Crippen LogP contribution in [0.3, 0.4) is 0 Å². The summed E-state index contributed by atoms with van der Waals surface area (Å²) in [7, 11) is 0. The summed E-state index contributed by atoms with van der Waals surface area (Å²) in [6, 6.07) is 11.4. The van der Waals surface area contributed by atoms with Crippen molar-refractivity contribution in [2.75, 3.05) is 6.61 Å². The van der Waals surface area contributed by atoms with E-state index in [2.05, 4.69) is 10.5 Å². The van der Waals surface area contributed by atoms with Gasteiger partial charge in [0.15, 0.2) is 5.57 Å². The topological polar surface area (TPSA) is 83.7 Å². The molecule has 6 nitrogen and oxygen atoms in total. The number of carbonyl (C=O) groups is 1. The minimum absolute atomic E-state index is 0.0110. The molecule has 6 heteroatoms. The van der Waals surface area contributed by atoms with E-state index in [4.69, 9.17) is 14.7 Å². The highest BCUT2D eigenvalue weighted by Crippen LogP contribution is 2.13. The predicted octanol–water partition coefficient (Wildman–Crippen LogP) is 1.46. The molecule has 102 valence electrons. The largest absolute Gasteiger partial charge is 0.462 e. The van der Waals surface area contributed by atoms with Gasteiger partial charge in [-0.2, -0.15) is 5.26 Å². The molecule has 2 rings (SSSR count). The number of nitrogens with one attached hydrogen (secondary N) is 1. The fourth-order valence-corrected chi connectivity index (χ4v) is 1.62. The molecule has 0 amide bonds. The quantitative estimate of drug-likeness (QED) is 0.509. The number of ether oxygens (including phenoxy) is 2. The Morgan fingerprint density at radius 1 is 1.45 bits per heavy atom. The Hall–Kier alpha value is -2.81. The molecule has 0 spiro atoms. The van der Waals surface area contributed by atoms with E-state index in [1.54, 1.807) is 13.0 Å². The van der Waals surface area contributed by atoms with Crippen molar-refractivity contribution in [3.63, 3.8) is 0 Å². The van der Waals surface area contributed by atoms with E-state index in [9.17, 15) is 4.79 Å². The Balaban J connectivity index is 2.07. The third-order valence-electron chi connectivity index (χ3n) is 2.52. The number of esters is 1. The number of hydrazone groups is 1. The Bertz CT molecular complexity index is 600. The average molecular weight is 271 g/mol. The first-order valence-electron chi connectivity index (χ1n) is 6.10. The summed E-state index contributed by atoms with van der Waals surface area (Å²) in [5.74, 6) is -0.325. The first-order chi connectivity index (χ1) is 9.74. The normalized spacial score (nSPS) is 15.5. The molecular formula is C14H13N3O3. The maximum atomic E-state index is 11.6. The van der Waals surface area contributed by atoms with Crippen molar-refractivity contribution in [2.45, 2.75) is 13.3 Å². The number of nitriles is 1. The van der Waals surface area contributed by atoms with Crippen molar-refractivity contribution >= 4 is 11.9 Å². The van der Waals surface area contributed by atoms with Crippen LogP contribution in [-0.4, -0.2) is 18.5 Å². The van der Waals surface area contributed by atoms with E-state index in [0.29, 0.717) is 12.3 Å². The van der Waals surface area contributed by atoms with E-state index in [0.717, 1.165) is 5.56 Å². The van der Waals surface area contributed by atoms with Gasteiger partial charge >= 0.3 is 5.97 Å². The molecule has 20 heavy (non-hydrogen) atoms. The van der Waals surface area contributed by atoms with Gasteiger partial charge in [0.05, 0.1) is 13.0 Å². The molecule has 0 saturated heterocycles. The van der Waals surface area contributed by atoms with Crippen LogP contribution >= 0.6 is 0 Å². The highest BCUT2D eigenvalue weighted by molar-refractivity contribution is 5.94. The second-order valence-corrected chi connectivity index (χ2v) is 3.92. The Kier molecular flexibility index (Phi) is 4.35. The van der Waals surface area contributed by atoms with Crippen LogP contribution in [0.2, 0.25) is 0 Å². The molecule has 0 fully saturated rings. The maximum absolute atomic E-state index is 11.6. The zero-order valence-electron chi connectivity index (χ0n) is 10.9. The number of carbonyl (C=O) groups excluding carboxylic acids is 1. The molecule has 0 saturated carbocycles. The monoisotopic (exact) mass is 271 g/mol. The van der Waals surface area contributed by atoms with Gasteiger partial charge in [-0.25, -0.2) is 10.2 Å². The first-order valence-corrected chi connectivity index (χ1v) is 6.10. The zero-order valence-corrected chi connectivity index (χ0v) is 10.9. The molecule has 1 aromatic carbocycles. The van der Waals surface area contributed by atoms with Crippen molar-refractivity contribution in [1.29, 1.82) is 5.26 Å². The standard InChI is InChI=1S/C14H13N3O3/c1-2-19-14(18)11(9-15)13-17-16-12(20-13)8-10-6-4-3-5-7-10/h3-7,17H,2,8H2,1H3. The predicted molar refractivity (Wildman–Crippen MR) is 71.1 cm³/mol. The maximum Gasteiger partial charge on any atom is 0.354 e. The van der Waals surface area contributed by atoms with Crippen molar-refractivity contribution in [1.82, 2.24) is 5.43 Å². The summed E-state index contributed by atoms with van der Waals surface area (Å²) in [5.41, 5.74) is 3.33. The van der Waals surface area contributed by atoms with E-state index in [-0.39, 0.29) is 18.1 Å². The lowest BCUT2D eigenvalue weighted by Crippen LogP contribution is -2.14. The van der Waals surface area contributed by atoms with Gasteiger partial charge in [0.2, 0.25) is 11.8 Å². The summed E-state index contributed by atoms with van der Waals surface area (Å²) in [4.78, 5) is 11.6. The third kappa shape index (κ3) is 3.14. The number of hydrogen-bond donors (Lipinski definition) is 1. The van der Waals surface area contributed by atoms with Crippen molar-refractivity contribution < 1.29 is 14.3 Å². The fraction of sp³-hybridized carbons (Fsp3) is 0.214. The Morgan fingerprint density at radius 3 is 2.85 bits per heavy atom. The van der Waals surface area contributed by atoms with Crippen LogP contribution in [0, 0.1) is 11.3 Å². The summed E-state index contributed by atoms with van der Waals surface area (Å²) in [6.45, 7) is 1.85. The average Bonchev–Trinajstić information content (AvgIpc) is 2.89. The van der Waals surface area contributed by atoms with Gasteiger partial charge in [-0.3, -0.25) is 0 Å². The van der Waals surface area contributed by atoms with E-state index < -0.39 is 5.97 Å². The number of rotatable bonds is 4. The van der Waals surface area contributed by atoms with Gasteiger partial charge in [-0.1, -0.05) is 30.3 Å². The van der Waals surface area contributed by atoms with E-state index in [1.165, 1.54) is 0 Å². The highest BCUT2D eigenvalue weighted by atomic mass is 16.5. The van der Waals surface area contributed by atoms with Crippen LogP contribution in [0.1, 0.15) is 12.5 Å². The number of benzene rings is 1. The highest BCUT2D eigenvalue weighted by Gasteiger charge is 2.23. The molecule has 1 aliphatic heterocycles. The number of hydrogen-bond acceptors (Lipinski definition) is 6. The lowest BCUT2D eigenvalue weighted by Gasteiger charge is -2.04.